The van der Waals surface area contributed by atoms with E-state index in [1.165, 1.54) is 0 Å². The van der Waals surface area contributed by atoms with Gasteiger partial charge in [-0.15, -0.1) is 0 Å². The molecule has 0 spiro atoms. The summed E-state index contributed by atoms with van der Waals surface area (Å²) < 4.78 is 13.8. The number of nitrogens with one attached hydrogen (secondary N) is 1. The highest BCUT2D eigenvalue weighted by Crippen LogP contribution is 2.31. The van der Waals surface area contributed by atoms with Gasteiger partial charge in [0.2, 0.25) is 0 Å². The average Bonchev–Trinajstić information content (AvgIpc) is 2.26. The fourth-order valence-electron chi connectivity index (χ4n) is 0.495. The number of aliphatic hydroxyl groups excluding tert-OH is 3. The van der Waals surface area contributed by atoms with E-state index < -0.39 is 38.7 Å². The maximum atomic E-state index is 10.4. The average molecular weight is 305 g/mol. The van der Waals surface area contributed by atoms with Gasteiger partial charge in [-0.25, -0.2) is 4.79 Å². The lowest BCUT2D eigenvalue weighted by Gasteiger charge is -2.03. The number of carbonyl (C=O) groups is 2. The number of hydrogen-bond acceptors (Lipinski definition) is 8. The Balaban J connectivity index is 0. The highest BCUT2D eigenvalue weighted by Gasteiger charge is 2.14. The minimum atomic E-state index is -4.22. The zero-order valence-corrected chi connectivity index (χ0v) is 10.6. The molecule has 0 bridgehead atoms. The Morgan fingerprint density at radius 3 is 1.95 bits per heavy atom. The molecule has 0 saturated carbocycles. The summed E-state index contributed by atoms with van der Waals surface area (Å²) in [5.41, 5.74) is 0. The lowest BCUT2D eigenvalue weighted by molar-refractivity contribution is -0.137. The second-order valence-corrected chi connectivity index (χ2v) is 4.65. The Labute approximate surface area is 107 Å². The van der Waals surface area contributed by atoms with E-state index in [0.717, 1.165) is 0 Å². The molecule has 0 radical (unpaired) electrons. The molecule has 0 aliphatic carbocycles. The second kappa shape index (κ2) is 10.8. The molecule has 0 aromatic heterocycles. The standard InChI is InChI=1S/C4H8NO7P.C3H8O3/c6-3(12-4(7)8)1-5-2-13(9,10)11;4-1-3(6)2-5/h5H,1-2H2,(H,7,8)(H2,9,10,11);3-6H,1-2H2. The van der Waals surface area contributed by atoms with Gasteiger partial charge in [-0.3, -0.25) is 14.7 Å². The van der Waals surface area contributed by atoms with E-state index >= 15 is 0 Å². The van der Waals surface area contributed by atoms with Crippen LogP contribution in [0.5, 0.6) is 0 Å². The van der Waals surface area contributed by atoms with Gasteiger partial charge in [-0.2, -0.15) is 0 Å². The molecule has 11 nitrogen and oxygen atoms in total. The highest BCUT2D eigenvalue weighted by atomic mass is 31.2. The first kappa shape index (κ1) is 20.3. The number of esters is 1. The van der Waals surface area contributed by atoms with E-state index in [1.807, 2.05) is 5.32 Å². The summed E-state index contributed by atoms with van der Waals surface area (Å²) in [6, 6.07) is 0. The summed E-state index contributed by atoms with van der Waals surface area (Å²) in [7, 11) is -4.22. The van der Waals surface area contributed by atoms with Gasteiger partial charge < -0.3 is 34.9 Å². The van der Waals surface area contributed by atoms with Crippen LogP contribution in [-0.4, -0.2) is 74.5 Å². The molecule has 0 fully saturated rings. The van der Waals surface area contributed by atoms with Crippen molar-refractivity contribution in [3.63, 3.8) is 0 Å². The van der Waals surface area contributed by atoms with Crippen LogP contribution < -0.4 is 5.32 Å². The fraction of sp³-hybridized carbons (Fsp3) is 0.714. The molecule has 114 valence electrons. The maximum absolute atomic E-state index is 10.4. The van der Waals surface area contributed by atoms with Gasteiger partial charge in [0, 0.05) is 0 Å². The van der Waals surface area contributed by atoms with Crippen molar-refractivity contribution in [2.24, 2.45) is 0 Å². The zero-order valence-electron chi connectivity index (χ0n) is 9.67. The molecular formula is C7H16NO10P. The molecule has 0 aliphatic rings. The summed E-state index contributed by atoms with van der Waals surface area (Å²) in [6.07, 6.45) is -3.42. The smallest absolute Gasteiger partial charge is 0.449 e. The van der Waals surface area contributed by atoms with Crippen LogP contribution in [0.25, 0.3) is 0 Å². The summed E-state index contributed by atoms with van der Waals surface area (Å²) in [4.78, 5) is 36.8. The van der Waals surface area contributed by atoms with Crippen molar-refractivity contribution in [3.05, 3.63) is 0 Å². The van der Waals surface area contributed by atoms with Gasteiger partial charge in [0.15, 0.2) is 0 Å². The first-order valence-corrected chi connectivity index (χ1v) is 6.50. The normalized spacial score (nSPS) is 10.6. The lowest BCUT2D eigenvalue weighted by Crippen LogP contribution is -2.26. The van der Waals surface area contributed by atoms with E-state index in [-0.39, 0.29) is 13.2 Å². The maximum Gasteiger partial charge on any atom is 0.513 e. The largest absolute Gasteiger partial charge is 0.513 e. The zero-order chi connectivity index (χ0) is 15.5. The molecule has 0 aliphatic heterocycles. The molecule has 0 unspecified atom stereocenters. The summed E-state index contributed by atoms with van der Waals surface area (Å²) >= 11 is 0. The Morgan fingerprint density at radius 2 is 1.68 bits per heavy atom. The number of carbonyl (C=O) groups excluding carboxylic acids is 1. The Bertz CT molecular complexity index is 311. The number of rotatable bonds is 6. The monoisotopic (exact) mass is 305 g/mol. The molecule has 12 heteroatoms. The Hall–Kier alpha value is -1.07. The number of carboxylic acid groups (broad SMARTS) is 1. The van der Waals surface area contributed by atoms with Gasteiger partial charge in [0.1, 0.15) is 6.10 Å². The van der Waals surface area contributed by atoms with Crippen LogP contribution in [0.3, 0.4) is 0 Å². The third-order valence-corrected chi connectivity index (χ3v) is 1.85. The molecule has 0 atom stereocenters. The van der Waals surface area contributed by atoms with E-state index in [4.69, 9.17) is 30.2 Å². The van der Waals surface area contributed by atoms with Crippen LogP contribution in [0.15, 0.2) is 0 Å². The van der Waals surface area contributed by atoms with Crippen molar-refractivity contribution in [2.45, 2.75) is 6.10 Å². The summed E-state index contributed by atoms with van der Waals surface area (Å²) in [5, 5.41) is 34.0. The van der Waals surface area contributed by atoms with Gasteiger partial charge in [-0.05, 0) is 0 Å². The highest BCUT2D eigenvalue weighted by molar-refractivity contribution is 7.51. The lowest BCUT2D eigenvalue weighted by atomic mass is 10.4. The van der Waals surface area contributed by atoms with Crippen LogP contribution in [0.1, 0.15) is 0 Å². The molecule has 0 saturated heterocycles. The molecule has 7 N–H and O–H groups in total. The summed E-state index contributed by atoms with van der Waals surface area (Å²) in [5.74, 6) is -1.12. The van der Waals surface area contributed by atoms with Crippen molar-refractivity contribution in [1.82, 2.24) is 5.32 Å². The molecule has 0 rings (SSSR count). The molecule has 19 heavy (non-hydrogen) atoms. The predicted molar refractivity (Wildman–Crippen MR) is 59.2 cm³/mol. The molecule has 0 aromatic rings. The van der Waals surface area contributed by atoms with Crippen LogP contribution in [0.4, 0.5) is 4.79 Å². The molecule has 0 aromatic carbocycles. The second-order valence-electron chi connectivity index (χ2n) is 3.01. The van der Waals surface area contributed by atoms with Crippen molar-refractivity contribution in [2.75, 3.05) is 26.0 Å². The van der Waals surface area contributed by atoms with Crippen molar-refractivity contribution >= 4 is 19.7 Å². The molecule has 0 amide bonds. The predicted octanol–water partition coefficient (Wildman–Crippen LogP) is -2.74. The number of aliphatic hydroxyl groups is 3. The van der Waals surface area contributed by atoms with Crippen molar-refractivity contribution < 1.29 is 49.1 Å². The Morgan fingerprint density at radius 1 is 1.21 bits per heavy atom. The third-order valence-electron chi connectivity index (χ3n) is 1.21. The van der Waals surface area contributed by atoms with E-state index in [0.29, 0.717) is 0 Å². The van der Waals surface area contributed by atoms with Crippen LogP contribution in [-0.2, 0) is 14.1 Å². The van der Waals surface area contributed by atoms with Crippen molar-refractivity contribution in [1.29, 1.82) is 0 Å². The van der Waals surface area contributed by atoms with E-state index in [9.17, 15) is 14.2 Å². The number of hydrogen-bond donors (Lipinski definition) is 7. The SMILES string of the molecule is O=C(O)OC(=O)CNCP(=O)(O)O.OCC(O)CO. The Kier molecular flexibility index (Phi) is 11.5. The number of ether oxygens (including phenoxy) is 1. The van der Waals surface area contributed by atoms with Crippen LogP contribution in [0.2, 0.25) is 0 Å². The molecular weight excluding hydrogens is 289 g/mol. The van der Waals surface area contributed by atoms with Crippen LogP contribution >= 0.6 is 7.60 Å². The van der Waals surface area contributed by atoms with Crippen LogP contribution in [0, 0.1) is 0 Å². The molecule has 0 heterocycles. The summed E-state index contributed by atoms with van der Waals surface area (Å²) in [6.45, 7) is -1.30. The van der Waals surface area contributed by atoms with Gasteiger partial charge >= 0.3 is 19.7 Å². The van der Waals surface area contributed by atoms with Gasteiger partial charge in [0.05, 0.1) is 26.0 Å². The van der Waals surface area contributed by atoms with Gasteiger partial charge in [-0.1, -0.05) is 0 Å². The first-order chi connectivity index (χ1) is 8.62. The third kappa shape index (κ3) is 19.4. The van der Waals surface area contributed by atoms with E-state index in [1.54, 1.807) is 0 Å². The minimum absolute atomic E-state index is 0.365. The van der Waals surface area contributed by atoms with Crippen molar-refractivity contribution in [3.8, 4) is 0 Å². The topological polar surface area (TPSA) is 194 Å². The minimum Gasteiger partial charge on any atom is -0.449 e. The quantitative estimate of drug-likeness (QED) is 0.153. The fourth-order valence-corrected chi connectivity index (χ4v) is 0.898. The van der Waals surface area contributed by atoms with E-state index in [2.05, 4.69) is 4.74 Å². The van der Waals surface area contributed by atoms with Gasteiger partial charge in [0.25, 0.3) is 0 Å². The first-order valence-electron chi connectivity index (χ1n) is 4.71.